The van der Waals surface area contributed by atoms with Crippen LogP contribution in [-0.2, 0) is 16.3 Å². The van der Waals surface area contributed by atoms with E-state index in [1.165, 1.54) is 6.07 Å². The van der Waals surface area contributed by atoms with Crippen molar-refractivity contribution in [2.45, 2.75) is 62.5 Å². The van der Waals surface area contributed by atoms with E-state index in [0.717, 1.165) is 11.6 Å². The molecule has 0 aromatic heterocycles. The fraction of sp³-hybridized carbons (Fsp3) is 0.500. The number of hydrogen-bond acceptors (Lipinski definition) is 4. The van der Waals surface area contributed by atoms with Crippen LogP contribution in [0.5, 0.6) is 5.75 Å². The number of ether oxygens (including phenoxy) is 2. The lowest BCUT2D eigenvalue weighted by Crippen LogP contribution is -2.33. The Morgan fingerprint density at radius 1 is 1.10 bits per heavy atom. The fourth-order valence-corrected chi connectivity index (χ4v) is 4.60. The van der Waals surface area contributed by atoms with E-state index >= 15 is 0 Å². The van der Waals surface area contributed by atoms with E-state index in [4.69, 9.17) is 9.47 Å². The first-order chi connectivity index (χ1) is 14.8. The summed E-state index contributed by atoms with van der Waals surface area (Å²) < 4.78 is 53.1. The van der Waals surface area contributed by atoms with Crippen LogP contribution < -0.4 is 4.74 Å². The Morgan fingerprint density at radius 2 is 1.81 bits per heavy atom. The molecule has 2 fully saturated rings. The van der Waals surface area contributed by atoms with Gasteiger partial charge in [0.05, 0.1) is 37.1 Å². The average molecular weight is 436 g/mol. The molecule has 0 spiro atoms. The van der Waals surface area contributed by atoms with Crippen molar-refractivity contribution in [2.24, 2.45) is 0 Å². The molecular weight excluding hydrogens is 409 g/mol. The highest BCUT2D eigenvalue weighted by Crippen LogP contribution is 2.57. The normalized spacial score (nSPS) is 25.3. The van der Waals surface area contributed by atoms with Gasteiger partial charge in [-0.15, -0.1) is 0 Å². The molecule has 2 aromatic rings. The summed E-state index contributed by atoms with van der Waals surface area (Å²) in [5, 5.41) is 19.6. The van der Waals surface area contributed by atoms with Gasteiger partial charge in [-0.2, -0.15) is 13.2 Å². The van der Waals surface area contributed by atoms with Gasteiger partial charge >= 0.3 is 6.18 Å². The standard InChI is InChI=1S/C24H27F3O4/c1-2-30-18-6-4-16(5-7-18)23(9-10-23)21-11-15(3-8-20(21)24(25,26)27)22-13-17(29)12-19(14-28)31-22/h3-8,11,17,19,22,28-29H,2,9-10,12-14H2,1H3. The van der Waals surface area contributed by atoms with Crippen molar-refractivity contribution in [2.75, 3.05) is 13.2 Å². The SMILES string of the molecule is CCOc1ccc(C2(c3cc(C4CC(O)CC(CO)O4)ccc3C(F)(F)F)CC2)cc1. The first-order valence-electron chi connectivity index (χ1n) is 10.7. The summed E-state index contributed by atoms with van der Waals surface area (Å²) >= 11 is 0. The zero-order valence-electron chi connectivity index (χ0n) is 17.4. The Bertz CT molecular complexity index is 906. The van der Waals surface area contributed by atoms with Crippen LogP contribution in [-0.4, -0.2) is 35.6 Å². The molecule has 31 heavy (non-hydrogen) atoms. The molecule has 2 N–H and O–H groups in total. The van der Waals surface area contributed by atoms with Crippen LogP contribution in [0.1, 0.15) is 61.0 Å². The Balaban J connectivity index is 1.74. The second-order valence-electron chi connectivity index (χ2n) is 8.40. The molecule has 2 aliphatic rings. The van der Waals surface area contributed by atoms with E-state index in [2.05, 4.69) is 0 Å². The summed E-state index contributed by atoms with van der Waals surface area (Å²) in [6, 6.07) is 11.4. The van der Waals surface area contributed by atoms with Crippen molar-refractivity contribution in [1.29, 1.82) is 0 Å². The lowest BCUT2D eigenvalue weighted by molar-refractivity contribution is -0.138. The second-order valence-corrected chi connectivity index (χ2v) is 8.40. The van der Waals surface area contributed by atoms with E-state index in [1.807, 2.05) is 19.1 Å². The minimum Gasteiger partial charge on any atom is -0.494 e. The Hall–Kier alpha value is -2.09. The zero-order chi connectivity index (χ0) is 22.2. The van der Waals surface area contributed by atoms with Crippen LogP contribution in [0.15, 0.2) is 42.5 Å². The van der Waals surface area contributed by atoms with E-state index < -0.39 is 35.5 Å². The molecule has 4 rings (SSSR count). The molecular formula is C24H27F3O4. The van der Waals surface area contributed by atoms with E-state index in [1.54, 1.807) is 18.2 Å². The van der Waals surface area contributed by atoms with Crippen LogP contribution in [0.4, 0.5) is 13.2 Å². The zero-order valence-corrected chi connectivity index (χ0v) is 17.4. The highest BCUT2D eigenvalue weighted by Gasteiger charge is 2.50. The third kappa shape index (κ3) is 4.45. The number of benzene rings is 2. The largest absolute Gasteiger partial charge is 0.494 e. The maximum absolute atomic E-state index is 13.9. The molecule has 1 aliphatic heterocycles. The molecule has 3 atom stereocenters. The summed E-state index contributed by atoms with van der Waals surface area (Å²) in [6.45, 7) is 2.16. The molecule has 7 heteroatoms. The minimum absolute atomic E-state index is 0.239. The fourth-order valence-electron chi connectivity index (χ4n) is 4.60. The molecule has 0 bridgehead atoms. The van der Waals surface area contributed by atoms with Crippen molar-refractivity contribution in [3.05, 3.63) is 64.7 Å². The molecule has 0 radical (unpaired) electrons. The Morgan fingerprint density at radius 3 is 2.39 bits per heavy atom. The summed E-state index contributed by atoms with van der Waals surface area (Å²) in [6.07, 6.45) is -4.37. The quantitative estimate of drug-likeness (QED) is 0.686. The first kappa shape index (κ1) is 22.1. The van der Waals surface area contributed by atoms with Crippen LogP contribution >= 0.6 is 0 Å². The molecule has 1 heterocycles. The van der Waals surface area contributed by atoms with Crippen molar-refractivity contribution in [3.63, 3.8) is 0 Å². The van der Waals surface area contributed by atoms with Crippen molar-refractivity contribution in [1.82, 2.24) is 0 Å². The number of alkyl halides is 3. The van der Waals surface area contributed by atoms with Crippen molar-refractivity contribution in [3.8, 4) is 5.75 Å². The summed E-state index contributed by atoms with van der Waals surface area (Å²) in [5.41, 5.74) is 0.326. The predicted octanol–water partition coefficient (Wildman–Crippen LogP) is 4.76. The van der Waals surface area contributed by atoms with Crippen LogP contribution in [0.3, 0.4) is 0 Å². The minimum atomic E-state index is -4.48. The van der Waals surface area contributed by atoms with E-state index in [9.17, 15) is 23.4 Å². The van der Waals surface area contributed by atoms with E-state index in [-0.39, 0.29) is 18.6 Å². The predicted molar refractivity (Wildman–Crippen MR) is 109 cm³/mol. The summed E-state index contributed by atoms with van der Waals surface area (Å²) in [5.74, 6) is 0.687. The second kappa shape index (κ2) is 8.45. The molecule has 4 nitrogen and oxygen atoms in total. The van der Waals surface area contributed by atoms with Crippen LogP contribution in [0.25, 0.3) is 0 Å². The lowest BCUT2D eigenvalue weighted by Gasteiger charge is -2.33. The van der Waals surface area contributed by atoms with Crippen LogP contribution in [0, 0.1) is 0 Å². The van der Waals surface area contributed by atoms with E-state index in [0.29, 0.717) is 37.2 Å². The average Bonchev–Trinajstić information content (AvgIpc) is 3.55. The highest BCUT2D eigenvalue weighted by atomic mass is 19.4. The number of aliphatic hydroxyl groups excluding tert-OH is 2. The van der Waals surface area contributed by atoms with Gasteiger partial charge in [-0.05, 0) is 54.7 Å². The van der Waals surface area contributed by atoms with Crippen molar-refractivity contribution >= 4 is 0 Å². The third-order valence-electron chi connectivity index (χ3n) is 6.29. The maximum atomic E-state index is 13.9. The molecule has 168 valence electrons. The molecule has 1 aliphatic carbocycles. The molecule has 2 aromatic carbocycles. The number of aliphatic hydroxyl groups is 2. The van der Waals surface area contributed by atoms with Gasteiger partial charge in [-0.1, -0.05) is 24.3 Å². The number of halogens is 3. The van der Waals surface area contributed by atoms with Crippen LogP contribution in [0.2, 0.25) is 0 Å². The topological polar surface area (TPSA) is 58.9 Å². The number of hydrogen-bond donors (Lipinski definition) is 2. The van der Waals surface area contributed by atoms with Gasteiger partial charge in [-0.25, -0.2) is 0 Å². The number of rotatable bonds is 6. The van der Waals surface area contributed by atoms with Gasteiger partial charge in [0.1, 0.15) is 5.75 Å². The molecule has 1 saturated carbocycles. The molecule has 1 saturated heterocycles. The van der Waals surface area contributed by atoms with Gasteiger partial charge in [0.15, 0.2) is 0 Å². The Kier molecular flexibility index (Phi) is 6.03. The Labute approximate surface area is 179 Å². The smallest absolute Gasteiger partial charge is 0.416 e. The van der Waals surface area contributed by atoms with Gasteiger partial charge in [0, 0.05) is 18.3 Å². The first-order valence-corrected chi connectivity index (χ1v) is 10.7. The monoisotopic (exact) mass is 436 g/mol. The molecule has 3 unspecified atom stereocenters. The van der Waals surface area contributed by atoms with Gasteiger partial charge < -0.3 is 19.7 Å². The van der Waals surface area contributed by atoms with Gasteiger partial charge in [0.25, 0.3) is 0 Å². The van der Waals surface area contributed by atoms with Gasteiger partial charge in [-0.3, -0.25) is 0 Å². The van der Waals surface area contributed by atoms with Crippen molar-refractivity contribution < 1.29 is 32.9 Å². The summed E-state index contributed by atoms with van der Waals surface area (Å²) in [4.78, 5) is 0. The molecule has 0 amide bonds. The third-order valence-corrected chi connectivity index (χ3v) is 6.29. The van der Waals surface area contributed by atoms with Gasteiger partial charge in [0.2, 0.25) is 0 Å². The lowest BCUT2D eigenvalue weighted by atomic mass is 9.82. The summed E-state index contributed by atoms with van der Waals surface area (Å²) in [7, 11) is 0. The maximum Gasteiger partial charge on any atom is 0.416 e. The highest BCUT2D eigenvalue weighted by molar-refractivity contribution is 5.52.